The van der Waals surface area contributed by atoms with E-state index < -0.39 is 28.9 Å². The highest BCUT2D eigenvalue weighted by atomic mass is 16.5. The lowest BCUT2D eigenvalue weighted by Crippen LogP contribution is -2.48. The van der Waals surface area contributed by atoms with Crippen LogP contribution in [-0.2, 0) is 34.2 Å². The average molecular weight is 396 g/mol. The molecule has 0 radical (unpaired) electrons. The smallest absolute Gasteiger partial charge is 0.324 e. The highest BCUT2D eigenvalue weighted by Gasteiger charge is 2.60. The molecular weight excluding hydrogens is 372 g/mol. The fraction of sp³-hybridized carbons (Fsp3) is 0.435. The maximum absolute atomic E-state index is 13.1. The topological polar surface area (TPSA) is 78.9 Å². The molecule has 3 atom stereocenters. The normalized spacial score (nSPS) is 30.0. The van der Waals surface area contributed by atoms with Crippen molar-refractivity contribution < 1.29 is 28.6 Å². The minimum absolute atomic E-state index is 0.0779. The summed E-state index contributed by atoms with van der Waals surface area (Å²) >= 11 is 0. The summed E-state index contributed by atoms with van der Waals surface area (Å²) in [5.41, 5.74) is -0.449. The third-order valence-electron chi connectivity index (χ3n) is 6.53. The molecule has 1 spiro atoms. The number of ketones is 1. The number of esters is 2. The van der Waals surface area contributed by atoms with Gasteiger partial charge in [-0.25, -0.2) is 0 Å². The summed E-state index contributed by atoms with van der Waals surface area (Å²) in [5.74, 6) is -2.30. The maximum Gasteiger partial charge on any atom is 0.324 e. The molecule has 2 aliphatic carbocycles. The van der Waals surface area contributed by atoms with E-state index in [1.54, 1.807) is 6.08 Å². The highest BCUT2D eigenvalue weighted by Crippen LogP contribution is 2.58. The van der Waals surface area contributed by atoms with Crippen LogP contribution in [-0.4, -0.2) is 38.5 Å². The molecule has 1 heterocycles. The Balaban J connectivity index is 2.11. The van der Waals surface area contributed by atoms with Crippen LogP contribution in [0.25, 0.3) is 0 Å². The molecule has 0 unspecified atom stereocenters. The zero-order chi connectivity index (χ0) is 20.8. The van der Waals surface area contributed by atoms with E-state index in [0.29, 0.717) is 12.2 Å². The van der Waals surface area contributed by atoms with Crippen LogP contribution in [0.3, 0.4) is 0 Å². The average Bonchev–Trinajstić information content (AvgIpc) is 3.16. The number of Topliss-reactive ketones (excluding diaryl/α,β-unsaturated/α-hetero) is 1. The molecule has 3 aliphatic rings. The molecule has 2 bridgehead atoms. The van der Waals surface area contributed by atoms with Gasteiger partial charge in [0.15, 0.2) is 11.2 Å². The van der Waals surface area contributed by atoms with Gasteiger partial charge in [-0.2, -0.15) is 0 Å². The van der Waals surface area contributed by atoms with Gasteiger partial charge < -0.3 is 14.2 Å². The van der Waals surface area contributed by atoms with Gasteiger partial charge in [-0.15, -0.1) is 0 Å². The van der Waals surface area contributed by atoms with E-state index in [-0.39, 0.29) is 18.1 Å². The van der Waals surface area contributed by atoms with E-state index >= 15 is 0 Å². The number of carbonyl (C=O) groups is 3. The summed E-state index contributed by atoms with van der Waals surface area (Å²) < 4.78 is 16.5. The second-order valence-electron chi connectivity index (χ2n) is 7.77. The van der Waals surface area contributed by atoms with E-state index in [9.17, 15) is 14.4 Å². The van der Waals surface area contributed by atoms with Crippen LogP contribution >= 0.6 is 0 Å². The molecule has 0 amide bonds. The van der Waals surface area contributed by atoms with Crippen molar-refractivity contribution in [3.63, 3.8) is 0 Å². The molecule has 1 aliphatic heterocycles. The van der Waals surface area contributed by atoms with Crippen LogP contribution in [0, 0.1) is 11.3 Å². The molecule has 1 fully saturated rings. The Morgan fingerprint density at radius 3 is 2.45 bits per heavy atom. The molecule has 1 aromatic carbocycles. The minimum Gasteiger partial charge on any atom is -0.468 e. The fourth-order valence-electron chi connectivity index (χ4n) is 5.28. The third kappa shape index (κ3) is 2.48. The van der Waals surface area contributed by atoms with Crippen molar-refractivity contribution in [1.29, 1.82) is 0 Å². The zero-order valence-electron chi connectivity index (χ0n) is 16.8. The molecule has 0 saturated carbocycles. The standard InChI is InChI=1S/C23H24O6/c1-14(24)18-13-19-16-8-4-5-9-17(16)23(18)15(10-12-29-23)7-6-11-22(19,20(25)27-2)21(26)28-3/h4-9,13,15,19H,10-12H2,1-3H3/b7-6-/t15-,19+,23-/m0/s1. The van der Waals surface area contributed by atoms with Crippen LogP contribution in [0.15, 0.2) is 48.1 Å². The van der Waals surface area contributed by atoms with Crippen LogP contribution in [0.5, 0.6) is 0 Å². The van der Waals surface area contributed by atoms with E-state index in [2.05, 4.69) is 0 Å². The lowest BCUT2D eigenvalue weighted by molar-refractivity contribution is -0.170. The number of benzene rings is 1. The Kier molecular flexibility index (Phi) is 4.69. The van der Waals surface area contributed by atoms with Crippen molar-refractivity contribution in [2.24, 2.45) is 11.3 Å². The molecule has 1 saturated heterocycles. The Morgan fingerprint density at radius 2 is 1.79 bits per heavy atom. The first-order valence-electron chi connectivity index (χ1n) is 9.73. The van der Waals surface area contributed by atoms with Crippen molar-refractivity contribution in [3.05, 3.63) is 59.2 Å². The van der Waals surface area contributed by atoms with Crippen molar-refractivity contribution in [3.8, 4) is 0 Å². The number of carbonyl (C=O) groups excluding carboxylic acids is 3. The van der Waals surface area contributed by atoms with Gasteiger partial charge in [0.2, 0.25) is 0 Å². The lowest BCUT2D eigenvalue weighted by atomic mass is 9.61. The predicted molar refractivity (Wildman–Crippen MR) is 104 cm³/mol. The van der Waals surface area contributed by atoms with Gasteiger partial charge in [-0.3, -0.25) is 14.4 Å². The van der Waals surface area contributed by atoms with Gasteiger partial charge in [-0.05, 0) is 30.9 Å². The Hall–Kier alpha value is -2.73. The second-order valence-corrected chi connectivity index (χ2v) is 7.77. The Bertz CT molecular complexity index is 926. The molecule has 4 rings (SSSR count). The Morgan fingerprint density at radius 1 is 1.10 bits per heavy atom. The maximum atomic E-state index is 13.1. The third-order valence-corrected chi connectivity index (χ3v) is 6.53. The molecule has 6 heteroatoms. The molecule has 29 heavy (non-hydrogen) atoms. The first-order chi connectivity index (χ1) is 13.9. The Labute approximate surface area is 169 Å². The van der Waals surface area contributed by atoms with Crippen LogP contribution in [0.4, 0.5) is 0 Å². The molecule has 6 nitrogen and oxygen atoms in total. The van der Waals surface area contributed by atoms with Gasteiger partial charge in [0.1, 0.15) is 5.60 Å². The van der Waals surface area contributed by atoms with Gasteiger partial charge >= 0.3 is 11.9 Å². The van der Waals surface area contributed by atoms with E-state index in [1.807, 2.05) is 36.4 Å². The van der Waals surface area contributed by atoms with Crippen molar-refractivity contribution in [1.82, 2.24) is 0 Å². The van der Waals surface area contributed by atoms with Gasteiger partial charge in [0, 0.05) is 24.0 Å². The predicted octanol–water partition coefficient (Wildman–Crippen LogP) is 2.82. The minimum atomic E-state index is -1.63. The van der Waals surface area contributed by atoms with Crippen molar-refractivity contribution in [2.45, 2.75) is 31.3 Å². The SMILES string of the molecule is COC(=O)C1(C(=O)OC)C/C=C\[C@H]2CCO[C@@]23C(C(C)=O)=C[C@@H]1c1ccccc13. The number of rotatable bonds is 3. The summed E-state index contributed by atoms with van der Waals surface area (Å²) in [6, 6.07) is 7.56. The summed E-state index contributed by atoms with van der Waals surface area (Å²) in [6.07, 6.45) is 6.39. The number of hydrogen-bond acceptors (Lipinski definition) is 6. The summed E-state index contributed by atoms with van der Waals surface area (Å²) in [4.78, 5) is 39.0. The molecular formula is C23H24O6. The number of ether oxygens (including phenoxy) is 3. The van der Waals surface area contributed by atoms with E-state index in [4.69, 9.17) is 14.2 Å². The van der Waals surface area contributed by atoms with Crippen LogP contribution in [0.2, 0.25) is 0 Å². The molecule has 0 N–H and O–H groups in total. The quantitative estimate of drug-likeness (QED) is 0.444. The largest absolute Gasteiger partial charge is 0.468 e. The van der Waals surface area contributed by atoms with Gasteiger partial charge in [0.05, 0.1) is 14.2 Å². The summed E-state index contributed by atoms with van der Waals surface area (Å²) in [7, 11) is 2.51. The van der Waals surface area contributed by atoms with Gasteiger partial charge in [0.25, 0.3) is 0 Å². The summed E-state index contributed by atoms with van der Waals surface area (Å²) in [5, 5.41) is 0. The van der Waals surface area contributed by atoms with E-state index in [1.165, 1.54) is 21.1 Å². The monoisotopic (exact) mass is 396 g/mol. The number of fused-ring (bicyclic) bond motifs is 3. The van der Waals surface area contributed by atoms with Crippen molar-refractivity contribution >= 4 is 17.7 Å². The number of hydrogen-bond donors (Lipinski definition) is 0. The van der Waals surface area contributed by atoms with Gasteiger partial charge in [-0.1, -0.05) is 42.5 Å². The lowest BCUT2D eigenvalue weighted by Gasteiger charge is -2.44. The number of allylic oxidation sites excluding steroid dienone is 2. The van der Waals surface area contributed by atoms with Crippen LogP contribution in [0.1, 0.15) is 36.8 Å². The first-order valence-corrected chi connectivity index (χ1v) is 9.73. The highest BCUT2D eigenvalue weighted by molar-refractivity contribution is 6.03. The number of methoxy groups -OCH3 is 2. The molecule has 152 valence electrons. The van der Waals surface area contributed by atoms with Crippen LogP contribution < -0.4 is 0 Å². The molecule has 0 aromatic heterocycles. The van der Waals surface area contributed by atoms with Crippen molar-refractivity contribution in [2.75, 3.05) is 20.8 Å². The second kappa shape index (κ2) is 6.95. The molecule has 1 aromatic rings. The first kappa shape index (κ1) is 19.6. The zero-order valence-corrected chi connectivity index (χ0v) is 16.8. The summed E-state index contributed by atoms with van der Waals surface area (Å²) in [6.45, 7) is 2.02. The van der Waals surface area contributed by atoms with E-state index in [0.717, 1.165) is 17.5 Å². The fourth-order valence-corrected chi connectivity index (χ4v) is 5.28.